The van der Waals surface area contributed by atoms with E-state index in [2.05, 4.69) is 5.32 Å². The number of benzene rings is 2. The number of carbonyl (C=O) groups is 3. The van der Waals surface area contributed by atoms with Crippen LogP contribution in [-0.2, 0) is 19.1 Å². The van der Waals surface area contributed by atoms with Crippen molar-refractivity contribution in [3.05, 3.63) is 77.5 Å². The largest absolute Gasteiger partial charge is 0.466 e. The number of nitrogens with zero attached hydrogens (tertiary/aromatic N) is 1. The van der Waals surface area contributed by atoms with Crippen molar-refractivity contribution in [1.82, 2.24) is 5.32 Å². The Morgan fingerprint density at radius 2 is 1.44 bits per heavy atom. The molecule has 2 aromatic carbocycles. The van der Waals surface area contributed by atoms with Gasteiger partial charge in [0, 0.05) is 0 Å². The summed E-state index contributed by atoms with van der Waals surface area (Å²) in [6.45, 7) is 0. The molecular formula is C20H18N2O5. The molecule has 7 heteroatoms. The molecule has 0 saturated carbocycles. The van der Waals surface area contributed by atoms with Crippen molar-refractivity contribution < 1.29 is 23.9 Å². The number of methoxy groups -OCH3 is 2. The highest BCUT2D eigenvalue weighted by Crippen LogP contribution is 2.34. The van der Waals surface area contributed by atoms with Crippen LogP contribution in [0.15, 0.2) is 71.9 Å². The maximum absolute atomic E-state index is 12.9. The Kier molecular flexibility index (Phi) is 5.21. The summed E-state index contributed by atoms with van der Waals surface area (Å²) in [6, 6.07) is 16.0. The monoisotopic (exact) mass is 366 g/mol. The molecule has 0 unspecified atom stereocenters. The van der Waals surface area contributed by atoms with Gasteiger partial charge in [0.2, 0.25) is 0 Å². The second-order valence-corrected chi connectivity index (χ2v) is 5.71. The van der Waals surface area contributed by atoms with Crippen molar-refractivity contribution in [2.75, 3.05) is 19.1 Å². The zero-order chi connectivity index (χ0) is 19.4. The van der Waals surface area contributed by atoms with E-state index in [1.165, 1.54) is 14.2 Å². The number of para-hydroxylation sites is 1. The predicted octanol–water partition coefficient (Wildman–Crippen LogP) is 2.56. The average Bonchev–Trinajstić information content (AvgIpc) is 2.73. The third-order valence-corrected chi connectivity index (χ3v) is 4.17. The van der Waals surface area contributed by atoms with Gasteiger partial charge >= 0.3 is 18.0 Å². The summed E-state index contributed by atoms with van der Waals surface area (Å²) in [5, 5.41) is 2.78. The molecule has 1 heterocycles. The van der Waals surface area contributed by atoms with Crippen LogP contribution < -0.4 is 10.2 Å². The van der Waals surface area contributed by atoms with Crippen LogP contribution >= 0.6 is 0 Å². The Morgan fingerprint density at radius 3 is 2.00 bits per heavy atom. The van der Waals surface area contributed by atoms with Crippen LogP contribution in [0.25, 0.3) is 0 Å². The highest BCUT2D eigenvalue weighted by atomic mass is 16.5. The number of anilines is 1. The van der Waals surface area contributed by atoms with Crippen molar-refractivity contribution in [3.8, 4) is 0 Å². The zero-order valence-corrected chi connectivity index (χ0v) is 14.8. The number of hydrogen-bond donors (Lipinski definition) is 1. The summed E-state index contributed by atoms with van der Waals surface area (Å²) in [7, 11) is 2.41. The molecule has 0 fully saturated rings. The van der Waals surface area contributed by atoms with E-state index in [-0.39, 0.29) is 11.3 Å². The smallest absolute Gasteiger partial charge is 0.355 e. The molecule has 27 heavy (non-hydrogen) atoms. The van der Waals surface area contributed by atoms with Crippen LogP contribution in [0.5, 0.6) is 0 Å². The molecule has 2 amide bonds. The van der Waals surface area contributed by atoms with Gasteiger partial charge in [-0.3, -0.25) is 4.90 Å². The van der Waals surface area contributed by atoms with Crippen LogP contribution in [-0.4, -0.2) is 32.2 Å². The molecule has 0 bridgehead atoms. The topological polar surface area (TPSA) is 84.9 Å². The fourth-order valence-electron chi connectivity index (χ4n) is 2.96. The molecule has 3 rings (SSSR count). The summed E-state index contributed by atoms with van der Waals surface area (Å²) in [6.07, 6.45) is 0. The van der Waals surface area contributed by atoms with Crippen LogP contribution in [0, 0.1) is 0 Å². The second-order valence-electron chi connectivity index (χ2n) is 5.71. The molecule has 1 aliphatic rings. The molecule has 0 saturated heterocycles. The number of esters is 2. The van der Waals surface area contributed by atoms with E-state index in [0.29, 0.717) is 11.3 Å². The van der Waals surface area contributed by atoms with E-state index in [4.69, 9.17) is 9.47 Å². The third-order valence-electron chi connectivity index (χ3n) is 4.17. The molecule has 1 N–H and O–H groups in total. The zero-order valence-electron chi connectivity index (χ0n) is 14.8. The van der Waals surface area contributed by atoms with Gasteiger partial charge in [-0.1, -0.05) is 48.5 Å². The molecule has 1 atom stereocenters. The van der Waals surface area contributed by atoms with Crippen LogP contribution in [0.4, 0.5) is 10.5 Å². The van der Waals surface area contributed by atoms with E-state index < -0.39 is 24.0 Å². The first kappa shape index (κ1) is 18.2. The van der Waals surface area contributed by atoms with E-state index in [0.717, 1.165) is 4.90 Å². The van der Waals surface area contributed by atoms with Gasteiger partial charge in [0.1, 0.15) is 5.70 Å². The first-order chi connectivity index (χ1) is 13.1. The molecule has 7 nitrogen and oxygen atoms in total. The Balaban J connectivity index is 2.27. The number of ether oxygens (including phenoxy) is 2. The molecule has 2 aromatic rings. The molecule has 138 valence electrons. The van der Waals surface area contributed by atoms with Crippen LogP contribution in [0.3, 0.4) is 0 Å². The van der Waals surface area contributed by atoms with Crippen LogP contribution in [0.1, 0.15) is 11.6 Å². The van der Waals surface area contributed by atoms with Crippen LogP contribution in [0.2, 0.25) is 0 Å². The molecular weight excluding hydrogens is 348 g/mol. The molecule has 1 aliphatic heterocycles. The lowest BCUT2D eigenvalue weighted by Crippen LogP contribution is -2.50. The van der Waals surface area contributed by atoms with E-state index in [1.807, 2.05) is 6.07 Å². The van der Waals surface area contributed by atoms with Gasteiger partial charge in [0.15, 0.2) is 0 Å². The highest BCUT2D eigenvalue weighted by Gasteiger charge is 2.42. The van der Waals surface area contributed by atoms with Crippen molar-refractivity contribution in [2.45, 2.75) is 6.04 Å². The number of carbonyl (C=O) groups excluding carboxylic acids is 3. The first-order valence-electron chi connectivity index (χ1n) is 8.20. The second kappa shape index (κ2) is 7.74. The average molecular weight is 366 g/mol. The minimum absolute atomic E-state index is 0.000923. The van der Waals surface area contributed by atoms with Gasteiger partial charge in [0.25, 0.3) is 0 Å². The lowest BCUT2D eigenvalue weighted by atomic mass is 9.94. The molecule has 0 radical (unpaired) electrons. The predicted molar refractivity (Wildman–Crippen MR) is 97.7 cm³/mol. The molecule has 0 spiro atoms. The summed E-state index contributed by atoms with van der Waals surface area (Å²) in [4.78, 5) is 39.2. The standard InChI is InChI=1S/C20H18N2O5/c1-26-18(23)15-16(13-9-5-3-6-10-13)21-20(25)22(17(15)19(24)27-2)14-11-7-4-8-12-14/h3-12,16H,1-2H3,(H,21,25)/t16-/m1/s1. The third kappa shape index (κ3) is 3.39. The number of amides is 2. The Morgan fingerprint density at radius 1 is 0.889 bits per heavy atom. The number of urea groups is 1. The Labute approximate surface area is 156 Å². The summed E-state index contributed by atoms with van der Waals surface area (Å²) < 4.78 is 9.78. The lowest BCUT2D eigenvalue weighted by Gasteiger charge is -2.35. The maximum atomic E-state index is 12.9. The van der Waals surface area contributed by atoms with Gasteiger partial charge in [-0.05, 0) is 17.7 Å². The van der Waals surface area contributed by atoms with Crippen molar-refractivity contribution in [3.63, 3.8) is 0 Å². The Hall–Kier alpha value is -3.61. The Bertz CT molecular complexity index is 893. The fourth-order valence-corrected chi connectivity index (χ4v) is 2.96. The molecule has 0 aliphatic carbocycles. The quantitative estimate of drug-likeness (QED) is 0.841. The number of hydrogen-bond acceptors (Lipinski definition) is 5. The van der Waals surface area contributed by atoms with Gasteiger partial charge in [-0.2, -0.15) is 0 Å². The lowest BCUT2D eigenvalue weighted by molar-refractivity contribution is -0.139. The maximum Gasteiger partial charge on any atom is 0.355 e. The van der Waals surface area contributed by atoms with Gasteiger partial charge < -0.3 is 14.8 Å². The summed E-state index contributed by atoms with van der Waals surface area (Å²) >= 11 is 0. The van der Waals surface area contributed by atoms with Gasteiger partial charge in [0.05, 0.1) is 31.5 Å². The SMILES string of the molecule is COC(=O)C1=C(C(=O)OC)N(c2ccccc2)C(=O)N[C@@H]1c1ccccc1. The molecule has 0 aromatic heterocycles. The van der Waals surface area contributed by atoms with Gasteiger partial charge in [-0.25, -0.2) is 14.4 Å². The fraction of sp³-hybridized carbons (Fsp3) is 0.150. The highest BCUT2D eigenvalue weighted by molar-refractivity contribution is 6.13. The normalized spacial score (nSPS) is 16.6. The first-order valence-corrected chi connectivity index (χ1v) is 8.20. The van der Waals surface area contributed by atoms with Crippen molar-refractivity contribution in [2.24, 2.45) is 0 Å². The van der Waals surface area contributed by atoms with E-state index in [1.54, 1.807) is 54.6 Å². The number of rotatable bonds is 4. The summed E-state index contributed by atoms with van der Waals surface area (Å²) in [5.74, 6) is -1.54. The minimum Gasteiger partial charge on any atom is -0.466 e. The summed E-state index contributed by atoms with van der Waals surface area (Å²) in [5.41, 5.74) is 0.885. The minimum atomic E-state index is -0.847. The van der Waals surface area contributed by atoms with E-state index >= 15 is 0 Å². The number of nitrogens with one attached hydrogen (secondary N) is 1. The van der Waals surface area contributed by atoms with E-state index in [9.17, 15) is 14.4 Å². The van der Waals surface area contributed by atoms with Crippen molar-refractivity contribution in [1.29, 1.82) is 0 Å². The van der Waals surface area contributed by atoms with Crippen molar-refractivity contribution >= 4 is 23.7 Å². The van der Waals surface area contributed by atoms with Gasteiger partial charge in [-0.15, -0.1) is 0 Å².